The first-order chi connectivity index (χ1) is 8.58. The number of likely N-dealkylation sites (N-methyl/N-ethyl adjacent to an activating group) is 1. The Morgan fingerprint density at radius 1 is 1.39 bits per heavy atom. The normalized spacial score (nSPS) is 19.9. The van der Waals surface area contributed by atoms with Crippen LogP contribution in [0.3, 0.4) is 0 Å². The van der Waals surface area contributed by atoms with Crippen molar-refractivity contribution in [2.24, 2.45) is 11.7 Å². The number of amides is 1. The van der Waals surface area contributed by atoms with E-state index in [-0.39, 0.29) is 5.91 Å². The third-order valence-electron chi connectivity index (χ3n) is 4.14. The molecule has 0 aromatic rings. The Morgan fingerprint density at radius 3 is 2.61 bits per heavy atom. The molecule has 3 N–H and O–H groups in total. The number of carbonyl (C=O) groups excluding carboxylic acids is 1. The molecule has 0 aromatic carbocycles. The molecule has 1 saturated carbocycles. The fraction of sp³-hybridized carbons (Fsp3) is 0.929. The van der Waals surface area contributed by atoms with Gasteiger partial charge in [0.15, 0.2) is 0 Å². The summed E-state index contributed by atoms with van der Waals surface area (Å²) in [6.45, 7) is 3.57. The molecule has 1 rings (SSSR count). The zero-order chi connectivity index (χ0) is 13.4. The smallest absolute Gasteiger partial charge is 0.237 e. The SMILES string of the molecule is CNC(C)(CCCCOCC1CCCC1)C(N)=O. The Balaban J connectivity index is 2.02. The Bertz CT molecular complexity index is 252. The highest BCUT2D eigenvalue weighted by Crippen LogP contribution is 2.24. The van der Waals surface area contributed by atoms with E-state index in [1.807, 2.05) is 6.92 Å². The van der Waals surface area contributed by atoms with Crippen LogP contribution in [0, 0.1) is 5.92 Å². The van der Waals surface area contributed by atoms with Gasteiger partial charge in [0, 0.05) is 13.2 Å². The zero-order valence-corrected chi connectivity index (χ0v) is 11.8. The number of ether oxygens (including phenoxy) is 1. The number of hydrogen-bond donors (Lipinski definition) is 2. The van der Waals surface area contributed by atoms with E-state index in [1.165, 1.54) is 25.7 Å². The molecule has 1 atom stereocenters. The Labute approximate surface area is 111 Å². The largest absolute Gasteiger partial charge is 0.381 e. The summed E-state index contributed by atoms with van der Waals surface area (Å²) < 4.78 is 5.69. The lowest BCUT2D eigenvalue weighted by atomic mass is 9.94. The van der Waals surface area contributed by atoms with Gasteiger partial charge in [-0.1, -0.05) is 12.8 Å². The second-order valence-electron chi connectivity index (χ2n) is 5.63. The standard InChI is InChI=1S/C14H28N2O2/c1-14(16-2,13(15)17)9-5-6-10-18-11-12-7-3-4-8-12/h12,16H,3-11H2,1-2H3,(H2,15,17). The Morgan fingerprint density at radius 2 is 2.06 bits per heavy atom. The number of nitrogens with two attached hydrogens (primary N) is 1. The maximum Gasteiger partial charge on any atom is 0.237 e. The first-order valence-corrected chi connectivity index (χ1v) is 7.15. The number of hydrogen-bond acceptors (Lipinski definition) is 3. The van der Waals surface area contributed by atoms with E-state index in [0.717, 1.165) is 38.4 Å². The van der Waals surface area contributed by atoms with Crippen LogP contribution in [0.2, 0.25) is 0 Å². The van der Waals surface area contributed by atoms with Crippen LogP contribution in [0.1, 0.15) is 51.9 Å². The van der Waals surface area contributed by atoms with Crippen LogP contribution in [0.4, 0.5) is 0 Å². The van der Waals surface area contributed by atoms with Crippen molar-refractivity contribution >= 4 is 5.91 Å². The minimum atomic E-state index is -0.578. The molecular formula is C14H28N2O2. The fourth-order valence-electron chi connectivity index (χ4n) is 2.48. The average Bonchev–Trinajstić information content (AvgIpc) is 2.86. The number of rotatable bonds is 9. The van der Waals surface area contributed by atoms with Crippen molar-refractivity contribution in [2.75, 3.05) is 20.3 Å². The van der Waals surface area contributed by atoms with Crippen LogP contribution in [0.5, 0.6) is 0 Å². The van der Waals surface area contributed by atoms with Crippen LogP contribution >= 0.6 is 0 Å². The molecule has 0 radical (unpaired) electrons. The summed E-state index contributed by atoms with van der Waals surface area (Å²) in [5, 5.41) is 3.00. The molecule has 0 spiro atoms. The summed E-state index contributed by atoms with van der Waals surface area (Å²) in [5.74, 6) is 0.509. The second-order valence-corrected chi connectivity index (χ2v) is 5.63. The third kappa shape index (κ3) is 4.94. The summed E-state index contributed by atoms with van der Waals surface area (Å²) in [6.07, 6.45) is 8.13. The zero-order valence-electron chi connectivity index (χ0n) is 11.8. The first kappa shape index (κ1) is 15.4. The van der Waals surface area contributed by atoms with E-state index in [9.17, 15) is 4.79 Å². The summed E-state index contributed by atoms with van der Waals surface area (Å²) in [6, 6.07) is 0. The van der Waals surface area contributed by atoms with Crippen LogP contribution in [-0.4, -0.2) is 31.7 Å². The lowest BCUT2D eigenvalue weighted by Crippen LogP contribution is -2.51. The molecule has 106 valence electrons. The number of nitrogens with one attached hydrogen (secondary N) is 1. The minimum Gasteiger partial charge on any atom is -0.381 e. The molecule has 0 heterocycles. The van der Waals surface area contributed by atoms with Crippen molar-refractivity contribution < 1.29 is 9.53 Å². The topological polar surface area (TPSA) is 64.3 Å². The molecule has 1 unspecified atom stereocenters. The van der Waals surface area contributed by atoms with Crippen LogP contribution in [0.15, 0.2) is 0 Å². The van der Waals surface area contributed by atoms with Gasteiger partial charge in [-0.15, -0.1) is 0 Å². The van der Waals surface area contributed by atoms with Gasteiger partial charge in [0.2, 0.25) is 5.91 Å². The molecule has 1 aliphatic rings. The van der Waals surface area contributed by atoms with Crippen LogP contribution in [0.25, 0.3) is 0 Å². The molecule has 4 heteroatoms. The average molecular weight is 256 g/mol. The second kappa shape index (κ2) is 7.74. The summed E-state index contributed by atoms with van der Waals surface area (Å²) >= 11 is 0. The Hall–Kier alpha value is -0.610. The van der Waals surface area contributed by atoms with Gasteiger partial charge < -0.3 is 15.8 Å². The van der Waals surface area contributed by atoms with Gasteiger partial charge >= 0.3 is 0 Å². The maximum atomic E-state index is 11.3. The highest BCUT2D eigenvalue weighted by Gasteiger charge is 2.27. The maximum absolute atomic E-state index is 11.3. The molecule has 1 aliphatic carbocycles. The van der Waals surface area contributed by atoms with Crippen molar-refractivity contribution in [2.45, 2.75) is 57.4 Å². The van der Waals surface area contributed by atoms with E-state index in [2.05, 4.69) is 5.32 Å². The van der Waals surface area contributed by atoms with Crippen molar-refractivity contribution in [3.63, 3.8) is 0 Å². The summed E-state index contributed by atoms with van der Waals surface area (Å²) in [7, 11) is 1.78. The number of primary amides is 1. The van der Waals surface area contributed by atoms with Gasteiger partial charge in [-0.05, 0) is 52.0 Å². The highest BCUT2D eigenvalue weighted by atomic mass is 16.5. The first-order valence-electron chi connectivity index (χ1n) is 7.15. The highest BCUT2D eigenvalue weighted by molar-refractivity contribution is 5.84. The van der Waals surface area contributed by atoms with E-state index in [0.29, 0.717) is 0 Å². The third-order valence-corrected chi connectivity index (χ3v) is 4.14. The lowest BCUT2D eigenvalue weighted by Gasteiger charge is -2.25. The van der Waals surface area contributed by atoms with Crippen molar-refractivity contribution in [3.8, 4) is 0 Å². The van der Waals surface area contributed by atoms with Gasteiger partial charge in [0.1, 0.15) is 0 Å². The van der Waals surface area contributed by atoms with E-state index < -0.39 is 5.54 Å². The minimum absolute atomic E-state index is 0.281. The predicted molar refractivity (Wildman–Crippen MR) is 73.3 cm³/mol. The van der Waals surface area contributed by atoms with Crippen molar-refractivity contribution in [3.05, 3.63) is 0 Å². The molecule has 18 heavy (non-hydrogen) atoms. The predicted octanol–water partition coefficient (Wildman–Crippen LogP) is 1.83. The van der Waals surface area contributed by atoms with Crippen molar-refractivity contribution in [1.29, 1.82) is 0 Å². The molecule has 0 aliphatic heterocycles. The van der Waals surface area contributed by atoms with E-state index >= 15 is 0 Å². The Kier molecular flexibility index (Phi) is 6.65. The van der Waals surface area contributed by atoms with Crippen LogP contribution < -0.4 is 11.1 Å². The fourth-order valence-corrected chi connectivity index (χ4v) is 2.48. The van der Waals surface area contributed by atoms with E-state index in [4.69, 9.17) is 10.5 Å². The summed E-state index contributed by atoms with van der Waals surface area (Å²) in [4.78, 5) is 11.3. The quantitative estimate of drug-likeness (QED) is 0.619. The van der Waals surface area contributed by atoms with Gasteiger partial charge in [-0.3, -0.25) is 4.79 Å². The molecular weight excluding hydrogens is 228 g/mol. The molecule has 1 amide bonds. The van der Waals surface area contributed by atoms with Gasteiger partial charge in [-0.2, -0.15) is 0 Å². The number of unbranched alkanes of at least 4 members (excludes halogenated alkanes) is 1. The molecule has 0 aromatic heterocycles. The molecule has 4 nitrogen and oxygen atoms in total. The van der Waals surface area contributed by atoms with Crippen LogP contribution in [-0.2, 0) is 9.53 Å². The summed E-state index contributed by atoms with van der Waals surface area (Å²) in [5.41, 5.74) is 4.79. The van der Waals surface area contributed by atoms with Crippen molar-refractivity contribution in [1.82, 2.24) is 5.32 Å². The van der Waals surface area contributed by atoms with Gasteiger partial charge in [0.05, 0.1) is 5.54 Å². The molecule has 0 bridgehead atoms. The van der Waals surface area contributed by atoms with Gasteiger partial charge in [0.25, 0.3) is 0 Å². The van der Waals surface area contributed by atoms with Gasteiger partial charge in [-0.25, -0.2) is 0 Å². The molecule has 0 saturated heterocycles. The van der Waals surface area contributed by atoms with E-state index in [1.54, 1.807) is 7.05 Å². The lowest BCUT2D eigenvalue weighted by molar-refractivity contribution is -0.123. The molecule has 1 fully saturated rings. The number of carbonyl (C=O) groups is 1. The monoisotopic (exact) mass is 256 g/mol.